The first-order valence-electron chi connectivity index (χ1n) is 6.93. The van der Waals surface area contributed by atoms with Crippen molar-refractivity contribution in [2.75, 3.05) is 13.1 Å². The Kier molecular flexibility index (Phi) is 3.34. The number of nitrogens with one attached hydrogen (secondary N) is 1. The molecular formula is C15H20N4. The van der Waals surface area contributed by atoms with Crippen molar-refractivity contribution in [2.45, 2.75) is 25.7 Å². The second kappa shape index (κ2) is 5.13. The molecule has 4 nitrogen and oxygen atoms in total. The fourth-order valence-corrected chi connectivity index (χ4v) is 3.06. The molecule has 1 aliphatic heterocycles. The zero-order chi connectivity index (χ0) is 13.2. The van der Waals surface area contributed by atoms with Crippen molar-refractivity contribution in [2.24, 2.45) is 7.05 Å². The molecule has 100 valence electrons. The Morgan fingerprint density at radius 1 is 1.37 bits per heavy atom. The van der Waals surface area contributed by atoms with Gasteiger partial charge in [0.15, 0.2) is 0 Å². The van der Waals surface area contributed by atoms with Crippen molar-refractivity contribution < 1.29 is 0 Å². The number of aromatic nitrogens is 3. The molecule has 3 heterocycles. The first kappa shape index (κ1) is 12.4. The minimum absolute atomic E-state index is 0.539. The molecule has 0 radical (unpaired) electrons. The lowest BCUT2D eigenvalue weighted by Crippen LogP contribution is -2.29. The first-order chi connectivity index (χ1) is 9.27. The molecule has 1 unspecified atom stereocenters. The van der Waals surface area contributed by atoms with E-state index in [9.17, 15) is 0 Å². The third-order valence-electron chi connectivity index (χ3n) is 3.87. The van der Waals surface area contributed by atoms with Gasteiger partial charge in [0.1, 0.15) is 0 Å². The van der Waals surface area contributed by atoms with Crippen LogP contribution in [-0.4, -0.2) is 27.9 Å². The van der Waals surface area contributed by atoms with Gasteiger partial charge in [0, 0.05) is 31.3 Å². The predicted octanol–water partition coefficient (Wildman–Crippen LogP) is 2.26. The lowest BCUT2D eigenvalue weighted by molar-refractivity contribution is 0.442. The molecule has 19 heavy (non-hydrogen) atoms. The van der Waals surface area contributed by atoms with Gasteiger partial charge in [0.25, 0.3) is 0 Å². The van der Waals surface area contributed by atoms with Crippen LogP contribution in [0.2, 0.25) is 0 Å². The lowest BCUT2D eigenvalue weighted by atomic mass is 9.91. The summed E-state index contributed by atoms with van der Waals surface area (Å²) < 4.78 is 2.04. The summed E-state index contributed by atoms with van der Waals surface area (Å²) in [5, 5.41) is 8.10. The van der Waals surface area contributed by atoms with E-state index >= 15 is 0 Å². The number of nitrogens with zero attached hydrogens (tertiary/aromatic N) is 3. The van der Waals surface area contributed by atoms with E-state index in [-0.39, 0.29) is 0 Å². The van der Waals surface area contributed by atoms with Crippen LogP contribution < -0.4 is 5.32 Å². The summed E-state index contributed by atoms with van der Waals surface area (Å²) in [6.07, 6.45) is 4.31. The fraction of sp³-hybridized carbons (Fsp3) is 0.467. The fourth-order valence-electron chi connectivity index (χ4n) is 3.06. The van der Waals surface area contributed by atoms with Gasteiger partial charge in [0.2, 0.25) is 0 Å². The van der Waals surface area contributed by atoms with Gasteiger partial charge in [0.05, 0.1) is 17.1 Å². The largest absolute Gasteiger partial charge is 0.316 e. The maximum atomic E-state index is 4.61. The van der Waals surface area contributed by atoms with Crippen LogP contribution in [0.5, 0.6) is 0 Å². The number of pyridine rings is 1. The van der Waals surface area contributed by atoms with E-state index < -0.39 is 0 Å². The summed E-state index contributed by atoms with van der Waals surface area (Å²) in [6, 6.07) is 6.07. The number of hydrogen-bond donors (Lipinski definition) is 1. The molecule has 0 bridgehead atoms. The molecule has 4 heteroatoms. The molecule has 0 spiro atoms. The molecule has 1 N–H and O–H groups in total. The monoisotopic (exact) mass is 256 g/mol. The van der Waals surface area contributed by atoms with Crippen LogP contribution in [-0.2, 0) is 7.05 Å². The average Bonchev–Trinajstić information content (AvgIpc) is 2.75. The third kappa shape index (κ3) is 2.28. The van der Waals surface area contributed by atoms with E-state index in [0.29, 0.717) is 5.92 Å². The normalized spacial score (nSPS) is 19.6. The van der Waals surface area contributed by atoms with Gasteiger partial charge in [-0.25, -0.2) is 0 Å². The zero-order valence-corrected chi connectivity index (χ0v) is 11.6. The summed E-state index contributed by atoms with van der Waals surface area (Å²) in [7, 11) is 2.05. The first-order valence-corrected chi connectivity index (χ1v) is 6.93. The number of rotatable bonds is 2. The number of hydrogen-bond acceptors (Lipinski definition) is 3. The SMILES string of the molecule is Cc1nn(C)c(C2CCCNC2)c1-c1ccccn1. The van der Waals surface area contributed by atoms with Gasteiger partial charge >= 0.3 is 0 Å². The van der Waals surface area contributed by atoms with Gasteiger partial charge < -0.3 is 5.32 Å². The molecule has 1 atom stereocenters. The standard InChI is InChI=1S/C15H20N4/c1-11-14(13-7-3-4-9-17-13)15(19(2)18-11)12-6-5-8-16-10-12/h3-4,7,9,12,16H,5-6,8,10H2,1-2H3. The molecule has 1 fully saturated rings. The van der Waals surface area contributed by atoms with Crippen molar-refractivity contribution in [3.8, 4) is 11.3 Å². The Labute approximate surface area is 113 Å². The Morgan fingerprint density at radius 2 is 2.26 bits per heavy atom. The van der Waals surface area contributed by atoms with Crippen molar-refractivity contribution in [3.05, 3.63) is 35.8 Å². The minimum Gasteiger partial charge on any atom is -0.316 e. The highest BCUT2D eigenvalue weighted by molar-refractivity contribution is 5.65. The van der Waals surface area contributed by atoms with E-state index in [1.165, 1.54) is 24.1 Å². The smallest absolute Gasteiger partial charge is 0.0739 e. The molecule has 0 aromatic carbocycles. The summed E-state index contributed by atoms with van der Waals surface area (Å²) in [6.45, 7) is 4.24. The zero-order valence-electron chi connectivity index (χ0n) is 11.6. The van der Waals surface area contributed by atoms with E-state index in [1.807, 2.05) is 30.1 Å². The van der Waals surface area contributed by atoms with Gasteiger partial charge in [-0.1, -0.05) is 6.07 Å². The minimum atomic E-state index is 0.539. The summed E-state index contributed by atoms with van der Waals surface area (Å²) >= 11 is 0. The predicted molar refractivity (Wildman–Crippen MR) is 76.0 cm³/mol. The molecule has 0 saturated carbocycles. The molecule has 2 aromatic heterocycles. The Balaban J connectivity index is 2.08. The molecule has 2 aromatic rings. The molecular weight excluding hydrogens is 236 g/mol. The molecule has 0 amide bonds. The van der Waals surface area contributed by atoms with Crippen molar-refractivity contribution >= 4 is 0 Å². The maximum absolute atomic E-state index is 4.61. The van der Waals surface area contributed by atoms with E-state index in [4.69, 9.17) is 0 Å². The summed E-state index contributed by atoms with van der Waals surface area (Å²) in [5.41, 5.74) is 4.65. The maximum Gasteiger partial charge on any atom is 0.0739 e. The van der Waals surface area contributed by atoms with Crippen molar-refractivity contribution in [1.82, 2.24) is 20.1 Å². The van der Waals surface area contributed by atoms with E-state index in [0.717, 1.165) is 24.5 Å². The second-order valence-electron chi connectivity index (χ2n) is 5.23. The third-order valence-corrected chi connectivity index (χ3v) is 3.87. The quantitative estimate of drug-likeness (QED) is 0.896. The highest BCUT2D eigenvalue weighted by atomic mass is 15.3. The summed E-state index contributed by atoms with van der Waals surface area (Å²) in [5.74, 6) is 0.539. The van der Waals surface area contributed by atoms with Crippen LogP contribution in [0.15, 0.2) is 24.4 Å². The topological polar surface area (TPSA) is 42.7 Å². The Bertz CT molecular complexity index is 553. The summed E-state index contributed by atoms with van der Waals surface area (Å²) in [4.78, 5) is 4.50. The van der Waals surface area contributed by atoms with Crippen LogP contribution in [0.25, 0.3) is 11.3 Å². The second-order valence-corrected chi connectivity index (χ2v) is 5.23. The van der Waals surface area contributed by atoms with Crippen LogP contribution in [0.3, 0.4) is 0 Å². The van der Waals surface area contributed by atoms with E-state index in [1.54, 1.807) is 0 Å². The Hall–Kier alpha value is -1.68. The van der Waals surface area contributed by atoms with Crippen LogP contribution in [0, 0.1) is 6.92 Å². The van der Waals surface area contributed by atoms with Crippen molar-refractivity contribution in [1.29, 1.82) is 0 Å². The van der Waals surface area contributed by atoms with Crippen molar-refractivity contribution in [3.63, 3.8) is 0 Å². The highest BCUT2D eigenvalue weighted by Crippen LogP contribution is 2.33. The lowest BCUT2D eigenvalue weighted by Gasteiger charge is -2.24. The molecule has 0 aliphatic carbocycles. The van der Waals surface area contributed by atoms with Gasteiger partial charge in [-0.2, -0.15) is 5.10 Å². The van der Waals surface area contributed by atoms with Gasteiger partial charge in [-0.3, -0.25) is 9.67 Å². The highest BCUT2D eigenvalue weighted by Gasteiger charge is 2.25. The molecule has 1 aliphatic rings. The molecule has 1 saturated heterocycles. The number of aryl methyl sites for hydroxylation is 2. The molecule has 3 rings (SSSR count). The van der Waals surface area contributed by atoms with Crippen LogP contribution in [0.4, 0.5) is 0 Å². The van der Waals surface area contributed by atoms with E-state index in [2.05, 4.69) is 28.4 Å². The van der Waals surface area contributed by atoms with Gasteiger partial charge in [-0.05, 0) is 38.4 Å². The van der Waals surface area contributed by atoms with Crippen LogP contribution >= 0.6 is 0 Å². The average molecular weight is 256 g/mol. The Morgan fingerprint density at radius 3 is 2.95 bits per heavy atom. The van der Waals surface area contributed by atoms with Crippen LogP contribution in [0.1, 0.15) is 30.1 Å². The van der Waals surface area contributed by atoms with Gasteiger partial charge in [-0.15, -0.1) is 0 Å². The number of piperidine rings is 1.